The summed E-state index contributed by atoms with van der Waals surface area (Å²) in [5, 5.41) is 3.18. The number of hydrogen-bond acceptors (Lipinski definition) is 3. The summed E-state index contributed by atoms with van der Waals surface area (Å²) in [4.78, 5) is 0. The van der Waals surface area contributed by atoms with Crippen molar-refractivity contribution in [3.63, 3.8) is 0 Å². The van der Waals surface area contributed by atoms with E-state index >= 15 is 0 Å². The summed E-state index contributed by atoms with van der Waals surface area (Å²) >= 11 is 0. The van der Waals surface area contributed by atoms with Crippen LogP contribution in [0.2, 0.25) is 0 Å². The van der Waals surface area contributed by atoms with Gasteiger partial charge < -0.3 is 5.32 Å². The Hall–Kier alpha value is -0.130. The standard InChI is InChI=1S/C14H26N2O2S/c1-11(2)19(17,18)16-9-6-12-5-7-14(12,16)13-4-3-8-15-10-13/h11-13,15H,3-10H2,1-2H3. The van der Waals surface area contributed by atoms with Gasteiger partial charge in [-0.1, -0.05) is 0 Å². The van der Waals surface area contributed by atoms with Crippen molar-refractivity contribution < 1.29 is 8.42 Å². The van der Waals surface area contributed by atoms with Crippen LogP contribution in [-0.2, 0) is 10.0 Å². The first-order valence-corrected chi connectivity index (χ1v) is 9.22. The van der Waals surface area contributed by atoms with Gasteiger partial charge in [-0.05, 0) is 70.9 Å². The van der Waals surface area contributed by atoms with E-state index in [-0.39, 0.29) is 10.8 Å². The fourth-order valence-electron chi connectivity index (χ4n) is 4.49. The second-order valence-corrected chi connectivity index (χ2v) is 9.14. The fourth-order valence-corrected chi connectivity index (χ4v) is 6.22. The van der Waals surface area contributed by atoms with Gasteiger partial charge in [0.1, 0.15) is 0 Å². The van der Waals surface area contributed by atoms with Gasteiger partial charge in [0.15, 0.2) is 0 Å². The second-order valence-electron chi connectivity index (χ2n) is 6.72. The van der Waals surface area contributed by atoms with Crippen molar-refractivity contribution in [2.24, 2.45) is 11.8 Å². The Bertz CT molecular complexity index is 442. The highest BCUT2D eigenvalue weighted by molar-refractivity contribution is 7.89. The molecule has 0 aromatic heterocycles. The maximum Gasteiger partial charge on any atom is 0.216 e. The molecule has 1 aliphatic carbocycles. The Morgan fingerprint density at radius 2 is 2.00 bits per heavy atom. The summed E-state index contributed by atoms with van der Waals surface area (Å²) in [7, 11) is -3.11. The Labute approximate surface area is 117 Å². The molecule has 0 spiro atoms. The molecular formula is C14H26N2O2S. The van der Waals surface area contributed by atoms with Crippen molar-refractivity contribution in [1.82, 2.24) is 9.62 Å². The molecule has 0 aromatic carbocycles. The minimum Gasteiger partial charge on any atom is -0.316 e. The first-order valence-electron chi connectivity index (χ1n) is 7.72. The third-order valence-electron chi connectivity index (χ3n) is 5.65. The van der Waals surface area contributed by atoms with Crippen molar-refractivity contribution in [3.05, 3.63) is 0 Å². The van der Waals surface area contributed by atoms with Crippen LogP contribution in [0.25, 0.3) is 0 Å². The summed E-state index contributed by atoms with van der Waals surface area (Å²) in [6.45, 7) is 6.47. The Morgan fingerprint density at radius 3 is 2.53 bits per heavy atom. The predicted octanol–water partition coefficient (Wildman–Crippen LogP) is 1.58. The molecule has 0 bridgehead atoms. The number of rotatable bonds is 3. The fraction of sp³-hybridized carbons (Fsp3) is 1.00. The molecule has 3 rings (SSSR count). The summed E-state index contributed by atoms with van der Waals surface area (Å²) in [5.41, 5.74) is -0.0312. The summed E-state index contributed by atoms with van der Waals surface area (Å²) in [5.74, 6) is 1.14. The number of hydrogen-bond donors (Lipinski definition) is 1. The molecule has 3 aliphatic rings. The first kappa shape index (κ1) is 13.8. The number of nitrogens with one attached hydrogen (secondary N) is 1. The Kier molecular flexibility index (Phi) is 3.43. The molecule has 0 radical (unpaired) electrons. The lowest BCUT2D eigenvalue weighted by Crippen LogP contribution is -2.64. The lowest BCUT2D eigenvalue weighted by molar-refractivity contribution is -0.000495. The normalized spacial score (nSPS) is 40.2. The lowest BCUT2D eigenvalue weighted by Gasteiger charge is -2.55. The van der Waals surface area contributed by atoms with Crippen LogP contribution in [-0.4, -0.2) is 43.1 Å². The number of sulfonamides is 1. The van der Waals surface area contributed by atoms with Gasteiger partial charge in [0.25, 0.3) is 0 Å². The van der Waals surface area contributed by atoms with E-state index in [0.29, 0.717) is 11.8 Å². The molecule has 4 nitrogen and oxygen atoms in total. The molecule has 3 atom stereocenters. The van der Waals surface area contributed by atoms with E-state index in [1.165, 1.54) is 19.3 Å². The summed E-state index contributed by atoms with van der Waals surface area (Å²) in [6, 6.07) is 0. The molecule has 2 aliphatic heterocycles. The number of nitrogens with zero attached hydrogens (tertiary/aromatic N) is 1. The van der Waals surface area contributed by atoms with E-state index in [0.717, 1.165) is 32.5 Å². The van der Waals surface area contributed by atoms with Gasteiger partial charge >= 0.3 is 0 Å². The quantitative estimate of drug-likeness (QED) is 0.857. The van der Waals surface area contributed by atoms with Gasteiger partial charge in [0.2, 0.25) is 10.0 Å². The Morgan fingerprint density at radius 1 is 1.21 bits per heavy atom. The van der Waals surface area contributed by atoms with Gasteiger partial charge in [-0.3, -0.25) is 0 Å². The van der Waals surface area contributed by atoms with Crippen molar-refractivity contribution in [1.29, 1.82) is 0 Å². The third kappa shape index (κ3) is 1.88. The zero-order chi connectivity index (χ0) is 13.7. The molecule has 2 heterocycles. The molecule has 110 valence electrons. The van der Waals surface area contributed by atoms with Gasteiger partial charge in [-0.25, -0.2) is 8.42 Å². The van der Waals surface area contributed by atoms with Crippen LogP contribution in [0, 0.1) is 11.8 Å². The van der Waals surface area contributed by atoms with E-state index in [2.05, 4.69) is 5.32 Å². The SMILES string of the molecule is CC(C)S(=O)(=O)N1CCC2CCC21C1CCCNC1. The maximum atomic E-state index is 12.7. The summed E-state index contributed by atoms with van der Waals surface area (Å²) in [6.07, 6.45) is 5.75. The van der Waals surface area contributed by atoms with E-state index in [4.69, 9.17) is 0 Å². The third-order valence-corrected chi connectivity index (χ3v) is 7.98. The van der Waals surface area contributed by atoms with Crippen LogP contribution >= 0.6 is 0 Å². The average molecular weight is 286 g/mol. The van der Waals surface area contributed by atoms with Crippen molar-refractivity contribution in [3.8, 4) is 0 Å². The zero-order valence-corrected chi connectivity index (χ0v) is 12.9. The molecular weight excluding hydrogens is 260 g/mol. The monoisotopic (exact) mass is 286 g/mol. The summed E-state index contributed by atoms with van der Waals surface area (Å²) < 4.78 is 27.3. The van der Waals surface area contributed by atoms with Gasteiger partial charge in [0, 0.05) is 12.1 Å². The van der Waals surface area contributed by atoms with Crippen molar-refractivity contribution in [2.75, 3.05) is 19.6 Å². The van der Waals surface area contributed by atoms with Crippen molar-refractivity contribution >= 4 is 10.0 Å². The number of piperidine rings is 1. The van der Waals surface area contributed by atoms with Gasteiger partial charge in [-0.15, -0.1) is 0 Å². The average Bonchev–Trinajstić information content (AvgIpc) is 2.63. The highest BCUT2D eigenvalue weighted by Gasteiger charge is 2.62. The lowest BCUT2D eigenvalue weighted by atomic mass is 9.60. The Balaban J connectivity index is 1.92. The molecule has 0 amide bonds. The smallest absolute Gasteiger partial charge is 0.216 e. The van der Waals surface area contributed by atoms with Crippen molar-refractivity contribution in [2.45, 2.75) is 56.7 Å². The van der Waals surface area contributed by atoms with E-state index in [1.807, 2.05) is 18.2 Å². The molecule has 3 fully saturated rings. The molecule has 2 saturated heterocycles. The molecule has 1 saturated carbocycles. The molecule has 0 aromatic rings. The molecule has 19 heavy (non-hydrogen) atoms. The minimum absolute atomic E-state index is 0.0312. The van der Waals surface area contributed by atoms with Gasteiger partial charge in [0.05, 0.1) is 5.25 Å². The van der Waals surface area contributed by atoms with Crippen LogP contribution in [0.3, 0.4) is 0 Å². The predicted molar refractivity (Wildman–Crippen MR) is 76.4 cm³/mol. The van der Waals surface area contributed by atoms with E-state index in [1.54, 1.807) is 0 Å². The molecule has 5 heteroatoms. The zero-order valence-electron chi connectivity index (χ0n) is 12.1. The van der Waals surface area contributed by atoms with Gasteiger partial charge in [-0.2, -0.15) is 4.31 Å². The first-order chi connectivity index (χ1) is 8.99. The van der Waals surface area contributed by atoms with E-state index in [9.17, 15) is 8.42 Å². The van der Waals surface area contributed by atoms with E-state index < -0.39 is 10.0 Å². The highest BCUT2D eigenvalue weighted by Crippen LogP contribution is 2.57. The van der Waals surface area contributed by atoms with Crippen LogP contribution < -0.4 is 5.32 Å². The largest absolute Gasteiger partial charge is 0.316 e. The topological polar surface area (TPSA) is 49.4 Å². The minimum atomic E-state index is -3.11. The maximum absolute atomic E-state index is 12.7. The molecule has 1 N–H and O–H groups in total. The highest BCUT2D eigenvalue weighted by atomic mass is 32.2. The second kappa shape index (κ2) is 4.71. The van der Waals surface area contributed by atoms with Crippen LogP contribution in [0.1, 0.15) is 46.0 Å². The van der Waals surface area contributed by atoms with Crippen LogP contribution in [0.5, 0.6) is 0 Å². The molecule has 3 unspecified atom stereocenters. The van der Waals surface area contributed by atoms with Crippen LogP contribution in [0.4, 0.5) is 0 Å². The number of fused-ring (bicyclic) bond motifs is 1. The van der Waals surface area contributed by atoms with Crippen LogP contribution in [0.15, 0.2) is 0 Å².